The van der Waals surface area contributed by atoms with Crippen molar-refractivity contribution in [2.24, 2.45) is 23.5 Å². The van der Waals surface area contributed by atoms with Gasteiger partial charge in [-0.15, -0.1) is 0 Å². The van der Waals surface area contributed by atoms with Crippen molar-refractivity contribution < 1.29 is 52.3 Å². The Bertz CT molecular complexity index is 1030. The third-order valence-corrected chi connectivity index (χ3v) is 6.68. The lowest BCUT2D eigenvalue weighted by Gasteiger charge is -2.22. The predicted molar refractivity (Wildman–Crippen MR) is 158 cm³/mol. The van der Waals surface area contributed by atoms with Crippen LogP contribution in [0, 0.1) is 17.8 Å². The second-order valence-electron chi connectivity index (χ2n) is 11.2. The van der Waals surface area contributed by atoms with Crippen molar-refractivity contribution >= 4 is 24.4 Å². The number of benzene rings is 1. The van der Waals surface area contributed by atoms with Gasteiger partial charge in [-0.3, -0.25) is 4.79 Å². The van der Waals surface area contributed by atoms with Gasteiger partial charge in [0.25, 0.3) is 0 Å². The molecule has 0 aromatic heterocycles. The summed E-state index contributed by atoms with van der Waals surface area (Å²) in [6, 6.07) is 3.27. The summed E-state index contributed by atoms with van der Waals surface area (Å²) in [6.07, 6.45) is -2.05. The van der Waals surface area contributed by atoms with Gasteiger partial charge in [0, 0.05) is 0 Å². The van der Waals surface area contributed by atoms with E-state index >= 15 is 0 Å². The van der Waals surface area contributed by atoms with E-state index in [2.05, 4.69) is 0 Å². The highest BCUT2D eigenvalue weighted by Gasteiger charge is 2.26. The topological polar surface area (TPSA) is 159 Å². The number of carbonyl (C=O) groups is 4. The molecule has 0 saturated heterocycles. The lowest BCUT2D eigenvalue weighted by molar-refractivity contribution is -0.155. The first-order valence-electron chi connectivity index (χ1n) is 14.9. The van der Waals surface area contributed by atoms with Gasteiger partial charge in [-0.05, 0) is 62.1 Å². The van der Waals surface area contributed by atoms with E-state index in [1.807, 2.05) is 41.5 Å². The molecule has 0 fully saturated rings. The van der Waals surface area contributed by atoms with Crippen LogP contribution in [0.15, 0.2) is 18.2 Å². The minimum Gasteiger partial charge on any atom is -0.458 e. The molecule has 0 aliphatic carbocycles. The highest BCUT2D eigenvalue weighted by Crippen LogP contribution is 2.30. The molecule has 1 rings (SSSR count). The van der Waals surface area contributed by atoms with Crippen molar-refractivity contribution in [1.82, 2.24) is 0 Å². The summed E-state index contributed by atoms with van der Waals surface area (Å²) < 4.78 is 36.5. The molecule has 0 amide bonds. The Labute approximate surface area is 254 Å². The molecule has 0 heterocycles. The monoisotopic (exact) mass is 611 g/mol. The average molecular weight is 612 g/mol. The van der Waals surface area contributed by atoms with Crippen LogP contribution in [0.2, 0.25) is 0 Å². The molecule has 0 saturated carbocycles. The summed E-state index contributed by atoms with van der Waals surface area (Å²) in [4.78, 5) is 49.2. The maximum atomic E-state index is 12.7. The first kappa shape index (κ1) is 37.5. The standard InChI is InChI=1S/C31H49NO11/c1-9-20(5)17-38-30(35)42-26-12-11-24(16-27(26)43-31(36)39-18-21(6)10-2)15-25(32)28(33)40-22(7)23(8)41-29(34)37-14-13-19(3)4/h11-12,16,19-23,25H,9-10,13-15,17-18,32H2,1-8H3/t20?,21?,22-,23-,25-/m0/s1. The highest BCUT2D eigenvalue weighted by molar-refractivity contribution is 5.76. The summed E-state index contributed by atoms with van der Waals surface area (Å²) in [5.41, 5.74) is 6.58. The quantitative estimate of drug-likeness (QED) is 0.121. The summed E-state index contributed by atoms with van der Waals surface area (Å²) in [6.45, 7) is 15.5. The molecule has 12 heteroatoms. The van der Waals surface area contributed by atoms with Gasteiger partial charge in [0.2, 0.25) is 0 Å². The van der Waals surface area contributed by atoms with Gasteiger partial charge >= 0.3 is 24.4 Å². The zero-order chi connectivity index (χ0) is 32.5. The van der Waals surface area contributed by atoms with Gasteiger partial charge < -0.3 is 38.9 Å². The van der Waals surface area contributed by atoms with Crippen LogP contribution < -0.4 is 15.2 Å². The maximum Gasteiger partial charge on any atom is 0.513 e. The lowest BCUT2D eigenvalue weighted by atomic mass is 10.1. The zero-order valence-corrected chi connectivity index (χ0v) is 26.7. The fourth-order valence-corrected chi connectivity index (χ4v) is 3.10. The first-order valence-corrected chi connectivity index (χ1v) is 14.9. The van der Waals surface area contributed by atoms with Crippen LogP contribution >= 0.6 is 0 Å². The third-order valence-electron chi connectivity index (χ3n) is 6.68. The van der Waals surface area contributed by atoms with E-state index in [0.29, 0.717) is 17.9 Å². The third kappa shape index (κ3) is 15.5. The Morgan fingerprint density at radius 2 is 1.26 bits per heavy atom. The SMILES string of the molecule is CCC(C)COC(=O)Oc1ccc(C[C@H](N)C(=O)O[C@@H](C)[C@H](C)OC(=O)OCCC(C)C)cc1OC(=O)OCC(C)CC. The number of ether oxygens (including phenoxy) is 7. The normalized spacial score (nSPS) is 14.5. The van der Waals surface area contributed by atoms with Crippen LogP contribution in [0.3, 0.4) is 0 Å². The Balaban J connectivity index is 2.88. The van der Waals surface area contributed by atoms with Gasteiger partial charge in [0.15, 0.2) is 11.5 Å². The predicted octanol–water partition coefficient (Wildman–Crippen LogP) is 6.20. The second kappa shape index (κ2) is 19.6. The van der Waals surface area contributed by atoms with E-state index in [9.17, 15) is 19.2 Å². The molecule has 0 spiro atoms. The number of carbonyl (C=O) groups excluding carboxylic acids is 4. The van der Waals surface area contributed by atoms with E-state index in [-0.39, 0.29) is 49.6 Å². The minimum atomic E-state index is -1.11. The molecule has 0 radical (unpaired) electrons. The van der Waals surface area contributed by atoms with Crippen molar-refractivity contribution in [2.45, 2.75) is 99.3 Å². The molecule has 2 unspecified atom stereocenters. The molecule has 0 aliphatic heterocycles. The van der Waals surface area contributed by atoms with E-state index in [1.54, 1.807) is 19.9 Å². The van der Waals surface area contributed by atoms with Crippen molar-refractivity contribution in [3.8, 4) is 11.5 Å². The van der Waals surface area contributed by atoms with Gasteiger partial charge in [-0.25, -0.2) is 14.4 Å². The molecule has 244 valence electrons. The number of nitrogens with two attached hydrogens (primary N) is 1. The van der Waals surface area contributed by atoms with Crippen molar-refractivity contribution in [3.63, 3.8) is 0 Å². The van der Waals surface area contributed by atoms with E-state index in [1.165, 1.54) is 12.1 Å². The summed E-state index contributed by atoms with van der Waals surface area (Å²) in [5.74, 6) is -0.283. The van der Waals surface area contributed by atoms with Crippen LogP contribution in [0.25, 0.3) is 0 Å². The molecule has 43 heavy (non-hydrogen) atoms. The summed E-state index contributed by atoms with van der Waals surface area (Å²) in [7, 11) is 0. The molecule has 2 N–H and O–H groups in total. The summed E-state index contributed by atoms with van der Waals surface area (Å²) >= 11 is 0. The minimum absolute atomic E-state index is 0.00491. The Morgan fingerprint density at radius 1 is 0.721 bits per heavy atom. The number of hydrogen-bond acceptors (Lipinski definition) is 12. The van der Waals surface area contributed by atoms with Crippen LogP contribution in [0.1, 0.15) is 80.2 Å². The van der Waals surface area contributed by atoms with Crippen molar-refractivity contribution in [3.05, 3.63) is 23.8 Å². The van der Waals surface area contributed by atoms with Gasteiger partial charge in [-0.1, -0.05) is 60.5 Å². The van der Waals surface area contributed by atoms with Crippen LogP contribution in [0.5, 0.6) is 11.5 Å². The lowest BCUT2D eigenvalue weighted by Crippen LogP contribution is -2.39. The van der Waals surface area contributed by atoms with Crippen LogP contribution in [-0.4, -0.2) is 62.5 Å². The molecule has 5 atom stereocenters. The summed E-state index contributed by atoms with van der Waals surface area (Å²) in [5, 5.41) is 0. The average Bonchev–Trinajstić information content (AvgIpc) is 2.95. The van der Waals surface area contributed by atoms with Crippen LogP contribution in [0.4, 0.5) is 14.4 Å². The van der Waals surface area contributed by atoms with Crippen LogP contribution in [-0.2, 0) is 34.9 Å². The number of hydrogen-bond donors (Lipinski definition) is 1. The van der Waals surface area contributed by atoms with E-state index < -0.39 is 42.7 Å². The Morgan fingerprint density at radius 3 is 1.79 bits per heavy atom. The molecular formula is C31H49NO11. The van der Waals surface area contributed by atoms with E-state index in [0.717, 1.165) is 12.8 Å². The number of esters is 1. The highest BCUT2D eigenvalue weighted by atomic mass is 16.7. The number of rotatable bonds is 17. The first-order chi connectivity index (χ1) is 20.2. The molecule has 1 aromatic carbocycles. The van der Waals surface area contributed by atoms with Gasteiger partial charge in [0.05, 0.1) is 19.8 Å². The second-order valence-corrected chi connectivity index (χ2v) is 11.2. The van der Waals surface area contributed by atoms with Crippen molar-refractivity contribution in [1.29, 1.82) is 0 Å². The fourth-order valence-electron chi connectivity index (χ4n) is 3.10. The van der Waals surface area contributed by atoms with E-state index in [4.69, 9.17) is 38.9 Å². The molecule has 1 aromatic rings. The Kier molecular flexibility index (Phi) is 17.1. The molecule has 12 nitrogen and oxygen atoms in total. The van der Waals surface area contributed by atoms with Gasteiger partial charge in [-0.2, -0.15) is 0 Å². The fraction of sp³-hybridized carbons (Fsp3) is 0.677. The smallest absolute Gasteiger partial charge is 0.458 e. The van der Waals surface area contributed by atoms with Crippen molar-refractivity contribution in [2.75, 3.05) is 19.8 Å². The maximum absolute atomic E-state index is 12.7. The Hall–Kier alpha value is -3.54. The molecule has 0 bridgehead atoms. The molecular weight excluding hydrogens is 562 g/mol. The zero-order valence-electron chi connectivity index (χ0n) is 26.7. The molecule has 0 aliphatic rings. The largest absolute Gasteiger partial charge is 0.513 e. The van der Waals surface area contributed by atoms with Gasteiger partial charge in [0.1, 0.15) is 18.2 Å².